The zero-order valence-electron chi connectivity index (χ0n) is 15.4. The van der Waals surface area contributed by atoms with E-state index in [1.54, 1.807) is 19.4 Å². The van der Waals surface area contributed by atoms with Crippen molar-refractivity contribution in [3.8, 4) is 11.5 Å². The Morgan fingerprint density at radius 3 is 2.54 bits per heavy atom. The average molecular weight is 355 g/mol. The number of phenolic OH excluding ortho intramolecular Hbond substituents is 1. The zero-order chi connectivity index (χ0) is 18.4. The SMILES string of the molecule is COc1cccc(C=N[C@H](C)[C@@H](c2ccccc2)[NH+]2CCOCC2)c1O. The van der Waals surface area contributed by atoms with Crippen molar-refractivity contribution in [2.45, 2.75) is 19.0 Å². The molecule has 0 spiro atoms. The summed E-state index contributed by atoms with van der Waals surface area (Å²) < 4.78 is 10.7. The molecule has 1 fully saturated rings. The second-order valence-corrected chi connectivity index (χ2v) is 6.58. The largest absolute Gasteiger partial charge is 0.504 e. The molecule has 5 heteroatoms. The Morgan fingerprint density at radius 2 is 1.85 bits per heavy atom. The molecule has 138 valence electrons. The van der Waals surface area contributed by atoms with Crippen molar-refractivity contribution < 1.29 is 19.5 Å². The predicted molar refractivity (Wildman–Crippen MR) is 102 cm³/mol. The topological polar surface area (TPSA) is 55.5 Å². The number of hydrogen-bond acceptors (Lipinski definition) is 4. The van der Waals surface area contributed by atoms with E-state index in [2.05, 4.69) is 31.2 Å². The summed E-state index contributed by atoms with van der Waals surface area (Å²) in [5.41, 5.74) is 1.95. The van der Waals surface area contributed by atoms with Gasteiger partial charge in [-0.1, -0.05) is 36.4 Å². The number of hydrogen-bond donors (Lipinski definition) is 2. The van der Waals surface area contributed by atoms with Crippen LogP contribution in [0.2, 0.25) is 0 Å². The minimum absolute atomic E-state index is 0.0658. The van der Waals surface area contributed by atoms with E-state index >= 15 is 0 Å². The van der Waals surface area contributed by atoms with Gasteiger partial charge in [-0.2, -0.15) is 0 Å². The number of phenols is 1. The standard InChI is InChI=1S/C21H26N2O3/c1-16(22-15-18-9-6-10-19(25-2)21(18)24)20(17-7-4-3-5-8-17)23-11-13-26-14-12-23/h3-10,15-16,20,24H,11-14H2,1-2H3/p+1/t16-,20+/m1/s1. The Morgan fingerprint density at radius 1 is 1.12 bits per heavy atom. The minimum Gasteiger partial charge on any atom is -0.504 e. The van der Waals surface area contributed by atoms with E-state index in [9.17, 15) is 5.11 Å². The average Bonchev–Trinajstić information content (AvgIpc) is 2.69. The highest BCUT2D eigenvalue weighted by Gasteiger charge is 2.30. The summed E-state index contributed by atoms with van der Waals surface area (Å²) in [5, 5.41) is 10.3. The molecular weight excluding hydrogens is 328 g/mol. The van der Waals surface area contributed by atoms with Crippen molar-refractivity contribution in [1.82, 2.24) is 0 Å². The lowest BCUT2D eigenvalue weighted by Crippen LogP contribution is -3.15. The van der Waals surface area contributed by atoms with Gasteiger partial charge in [-0.05, 0) is 19.1 Å². The van der Waals surface area contributed by atoms with Gasteiger partial charge in [-0.3, -0.25) is 4.99 Å². The molecule has 2 N–H and O–H groups in total. The highest BCUT2D eigenvalue weighted by Crippen LogP contribution is 2.28. The quantitative estimate of drug-likeness (QED) is 0.778. The summed E-state index contributed by atoms with van der Waals surface area (Å²) in [6, 6.07) is 16.3. The van der Waals surface area contributed by atoms with Crippen LogP contribution >= 0.6 is 0 Å². The van der Waals surface area contributed by atoms with Gasteiger partial charge >= 0.3 is 0 Å². The van der Waals surface area contributed by atoms with E-state index in [4.69, 9.17) is 14.5 Å². The summed E-state index contributed by atoms with van der Waals surface area (Å²) >= 11 is 0. The second kappa shape index (κ2) is 8.83. The van der Waals surface area contributed by atoms with Crippen molar-refractivity contribution >= 4 is 6.21 Å². The minimum atomic E-state index is 0.0658. The number of para-hydroxylation sites is 1. The fourth-order valence-corrected chi connectivity index (χ4v) is 3.55. The lowest BCUT2D eigenvalue weighted by atomic mass is 9.98. The molecule has 0 aliphatic carbocycles. The number of rotatable bonds is 6. The van der Waals surface area contributed by atoms with Crippen molar-refractivity contribution in [2.24, 2.45) is 4.99 Å². The number of morpholine rings is 1. The van der Waals surface area contributed by atoms with Gasteiger partial charge in [-0.25, -0.2) is 0 Å². The second-order valence-electron chi connectivity index (χ2n) is 6.58. The van der Waals surface area contributed by atoms with E-state index in [1.807, 2.05) is 18.2 Å². The van der Waals surface area contributed by atoms with Gasteiger partial charge in [-0.15, -0.1) is 0 Å². The highest BCUT2D eigenvalue weighted by molar-refractivity contribution is 5.84. The summed E-state index contributed by atoms with van der Waals surface area (Å²) in [4.78, 5) is 6.27. The molecule has 1 aliphatic rings. The number of aliphatic imine (C=N–C) groups is 1. The first-order valence-corrected chi connectivity index (χ1v) is 9.07. The van der Waals surface area contributed by atoms with Crippen LogP contribution in [-0.2, 0) is 4.74 Å². The lowest BCUT2D eigenvalue weighted by Gasteiger charge is -2.33. The van der Waals surface area contributed by atoms with E-state index in [-0.39, 0.29) is 17.8 Å². The molecule has 0 radical (unpaired) electrons. The summed E-state index contributed by atoms with van der Waals surface area (Å²) in [6.45, 7) is 5.65. The molecule has 2 atom stereocenters. The fourth-order valence-electron chi connectivity index (χ4n) is 3.55. The molecule has 5 nitrogen and oxygen atoms in total. The van der Waals surface area contributed by atoms with Crippen molar-refractivity contribution in [2.75, 3.05) is 33.4 Å². The van der Waals surface area contributed by atoms with E-state index < -0.39 is 0 Å². The Bertz CT molecular complexity index is 727. The van der Waals surface area contributed by atoms with Crippen LogP contribution < -0.4 is 9.64 Å². The van der Waals surface area contributed by atoms with E-state index in [0.717, 1.165) is 26.3 Å². The van der Waals surface area contributed by atoms with Crippen LogP contribution in [0.15, 0.2) is 53.5 Å². The molecule has 0 unspecified atom stereocenters. The van der Waals surface area contributed by atoms with Crippen LogP contribution in [0.5, 0.6) is 11.5 Å². The van der Waals surface area contributed by atoms with Gasteiger partial charge < -0.3 is 19.5 Å². The number of benzene rings is 2. The molecule has 0 saturated carbocycles. The molecule has 2 aromatic rings. The van der Waals surface area contributed by atoms with E-state index in [1.165, 1.54) is 10.5 Å². The monoisotopic (exact) mass is 355 g/mol. The Labute approximate surface area is 154 Å². The lowest BCUT2D eigenvalue weighted by molar-refractivity contribution is -0.940. The first-order valence-electron chi connectivity index (χ1n) is 9.07. The number of nitrogens with one attached hydrogen (secondary N) is 1. The summed E-state index contributed by atoms with van der Waals surface area (Å²) in [7, 11) is 1.55. The van der Waals surface area contributed by atoms with E-state index in [0.29, 0.717) is 11.3 Å². The number of ether oxygens (including phenoxy) is 2. The fraction of sp³-hybridized carbons (Fsp3) is 0.381. The molecule has 1 heterocycles. The first-order chi connectivity index (χ1) is 12.7. The Balaban J connectivity index is 1.84. The molecule has 3 rings (SSSR count). The highest BCUT2D eigenvalue weighted by atomic mass is 16.5. The molecule has 0 amide bonds. The molecule has 2 aromatic carbocycles. The zero-order valence-corrected chi connectivity index (χ0v) is 15.4. The van der Waals surface area contributed by atoms with Gasteiger partial charge in [0.2, 0.25) is 0 Å². The van der Waals surface area contributed by atoms with Crippen LogP contribution in [0.3, 0.4) is 0 Å². The summed E-state index contributed by atoms with van der Waals surface area (Å²) in [5.74, 6) is 0.584. The van der Waals surface area contributed by atoms with Gasteiger partial charge in [0.25, 0.3) is 0 Å². The third kappa shape index (κ3) is 4.23. The van der Waals surface area contributed by atoms with Gasteiger partial charge in [0.1, 0.15) is 25.2 Å². The molecule has 0 bridgehead atoms. The smallest absolute Gasteiger partial charge is 0.166 e. The van der Waals surface area contributed by atoms with Gasteiger partial charge in [0.05, 0.1) is 20.3 Å². The van der Waals surface area contributed by atoms with Gasteiger partial charge in [0, 0.05) is 17.3 Å². The molecule has 1 saturated heterocycles. The van der Waals surface area contributed by atoms with Crippen molar-refractivity contribution in [1.29, 1.82) is 0 Å². The Kier molecular flexibility index (Phi) is 6.26. The van der Waals surface area contributed by atoms with Gasteiger partial charge in [0.15, 0.2) is 11.5 Å². The Hall–Kier alpha value is -2.37. The molecule has 1 aliphatic heterocycles. The van der Waals surface area contributed by atoms with Crippen molar-refractivity contribution in [3.63, 3.8) is 0 Å². The third-order valence-electron chi connectivity index (χ3n) is 4.91. The molecular formula is C21H27N2O3+. The molecule has 0 aromatic heterocycles. The number of aromatic hydroxyl groups is 1. The predicted octanol–water partition coefficient (Wildman–Crippen LogP) is 1.86. The van der Waals surface area contributed by atoms with Crippen LogP contribution in [0.4, 0.5) is 0 Å². The maximum Gasteiger partial charge on any atom is 0.166 e. The van der Waals surface area contributed by atoms with Crippen LogP contribution in [0.25, 0.3) is 0 Å². The first kappa shape index (κ1) is 18.4. The normalized spacial score (nSPS) is 17.9. The maximum absolute atomic E-state index is 10.3. The molecule has 26 heavy (non-hydrogen) atoms. The number of quaternary nitrogens is 1. The third-order valence-corrected chi connectivity index (χ3v) is 4.91. The summed E-state index contributed by atoms with van der Waals surface area (Å²) in [6.07, 6.45) is 1.75. The van der Waals surface area contributed by atoms with Crippen molar-refractivity contribution in [3.05, 3.63) is 59.7 Å². The van der Waals surface area contributed by atoms with Crippen LogP contribution in [-0.4, -0.2) is 50.8 Å². The number of nitrogens with zero attached hydrogens (tertiary/aromatic N) is 1. The maximum atomic E-state index is 10.3. The van der Waals surface area contributed by atoms with Crippen LogP contribution in [0.1, 0.15) is 24.1 Å². The van der Waals surface area contributed by atoms with Crippen LogP contribution in [0, 0.1) is 0 Å². The number of methoxy groups -OCH3 is 1.